The van der Waals surface area contributed by atoms with Crippen molar-refractivity contribution in [2.75, 3.05) is 4.90 Å². The molecular formula is C52H33NO2. The summed E-state index contributed by atoms with van der Waals surface area (Å²) >= 11 is 0. The van der Waals surface area contributed by atoms with E-state index in [1.807, 2.05) is 42.5 Å². The van der Waals surface area contributed by atoms with Crippen LogP contribution in [0, 0.1) is 0 Å². The minimum absolute atomic E-state index is 0.0744. The summed E-state index contributed by atoms with van der Waals surface area (Å²) < 4.78 is 167. The van der Waals surface area contributed by atoms with Gasteiger partial charge in [-0.15, -0.1) is 0 Å². The predicted octanol–water partition coefficient (Wildman–Crippen LogP) is 15.1. The van der Waals surface area contributed by atoms with Crippen LogP contribution in [0.25, 0.3) is 88.0 Å². The number of benzene rings is 9. The lowest BCUT2D eigenvalue weighted by atomic mass is 9.98. The van der Waals surface area contributed by atoms with Gasteiger partial charge >= 0.3 is 0 Å². The van der Waals surface area contributed by atoms with Crippen molar-refractivity contribution in [2.24, 2.45) is 0 Å². The molecule has 11 aromatic rings. The highest BCUT2D eigenvalue weighted by Crippen LogP contribution is 2.45. The first-order valence-corrected chi connectivity index (χ1v) is 17.3. The van der Waals surface area contributed by atoms with Crippen LogP contribution >= 0.6 is 0 Å². The summed E-state index contributed by atoms with van der Waals surface area (Å²) in [5.74, 6) is 0. The average molecular weight is 721 g/mol. The SMILES string of the molecule is [2H]c1c([2H])c([2H])c(-c2c([2H])c([2H])c(-c3c([2H])c([2H])c(N(c4c([2H])c([2H])c(-c5cccc6oc7ccccc7c56)c([2H])c4[2H])c4cccc5oc6c7ccccc7ccc6c45)c([2H])c3[2H])c([2H])c2[2H])c([2H])c1[2H]. The summed E-state index contributed by atoms with van der Waals surface area (Å²) in [7, 11) is 0. The Labute approximate surface area is 341 Å². The van der Waals surface area contributed by atoms with E-state index in [0.29, 0.717) is 49.4 Å². The molecule has 0 radical (unpaired) electrons. The minimum Gasteiger partial charge on any atom is -0.456 e. The zero-order valence-corrected chi connectivity index (χ0v) is 28.5. The molecule has 0 bridgehead atoms. The van der Waals surface area contributed by atoms with Gasteiger partial charge in [-0.3, -0.25) is 0 Å². The van der Waals surface area contributed by atoms with E-state index in [9.17, 15) is 11.0 Å². The minimum atomic E-state index is -0.888. The molecule has 0 amide bonds. The van der Waals surface area contributed by atoms with Gasteiger partial charge in [0.05, 0.1) is 34.4 Å². The number of furan rings is 2. The van der Waals surface area contributed by atoms with Gasteiger partial charge in [0.1, 0.15) is 22.3 Å². The molecule has 3 nitrogen and oxygen atoms in total. The van der Waals surface area contributed by atoms with Gasteiger partial charge in [0.15, 0.2) is 0 Å². The van der Waals surface area contributed by atoms with Crippen molar-refractivity contribution < 1.29 is 32.1 Å². The van der Waals surface area contributed by atoms with Gasteiger partial charge in [-0.25, -0.2) is 0 Å². The van der Waals surface area contributed by atoms with Crippen LogP contribution < -0.4 is 4.90 Å². The first-order chi connectivity index (χ1) is 34.4. The molecule has 3 heteroatoms. The smallest absolute Gasteiger partial charge is 0.143 e. The van der Waals surface area contributed by atoms with Crippen molar-refractivity contribution in [1.82, 2.24) is 0 Å². The summed E-state index contributed by atoms with van der Waals surface area (Å²) in [6.07, 6.45) is 0. The van der Waals surface area contributed by atoms with E-state index < -0.39 is 136 Å². The molecule has 9 aromatic carbocycles. The third-order valence-electron chi connectivity index (χ3n) is 9.57. The number of hydrogen-bond acceptors (Lipinski definition) is 3. The molecule has 0 saturated carbocycles. The largest absolute Gasteiger partial charge is 0.456 e. The van der Waals surface area contributed by atoms with Crippen LogP contribution in [0.4, 0.5) is 17.1 Å². The van der Waals surface area contributed by atoms with E-state index in [1.165, 1.54) is 0 Å². The topological polar surface area (TPSA) is 29.5 Å². The van der Waals surface area contributed by atoms with Gasteiger partial charge in [-0.2, -0.15) is 0 Å². The van der Waals surface area contributed by atoms with E-state index in [1.54, 1.807) is 54.6 Å². The van der Waals surface area contributed by atoms with Gasteiger partial charge < -0.3 is 13.7 Å². The molecule has 2 aromatic heterocycles. The molecular weight excluding hydrogens is 671 g/mol. The third-order valence-corrected chi connectivity index (χ3v) is 9.57. The first-order valence-electron chi connectivity index (χ1n) is 25.8. The summed E-state index contributed by atoms with van der Waals surface area (Å²) in [5.41, 5.74) is -1.53. The molecule has 0 spiro atoms. The molecule has 0 aliphatic carbocycles. The lowest BCUT2D eigenvalue weighted by Gasteiger charge is -2.26. The Hall–Kier alpha value is -7.36. The molecule has 0 N–H and O–H groups in total. The second-order valence-electron chi connectivity index (χ2n) is 12.7. The van der Waals surface area contributed by atoms with Crippen LogP contribution in [0.3, 0.4) is 0 Å². The Kier molecular flexibility index (Phi) is 4.28. The fourth-order valence-electron chi connectivity index (χ4n) is 7.09. The molecule has 11 rings (SSSR count). The molecule has 0 aliphatic rings. The first kappa shape index (κ1) is 18.6. The molecule has 2 heterocycles. The summed E-state index contributed by atoms with van der Waals surface area (Å²) in [6.45, 7) is 0. The number of hydrogen-bond donors (Lipinski definition) is 0. The highest BCUT2D eigenvalue weighted by atomic mass is 16.3. The van der Waals surface area contributed by atoms with E-state index in [0.717, 1.165) is 15.7 Å². The normalized spacial score (nSPS) is 16.0. The molecule has 55 heavy (non-hydrogen) atoms. The van der Waals surface area contributed by atoms with Crippen LogP contribution in [0.5, 0.6) is 0 Å². The molecule has 0 unspecified atom stereocenters. The zero-order chi connectivity index (χ0) is 51.1. The van der Waals surface area contributed by atoms with Crippen molar-refractivity contribution in [3.8, 4) is 33.4 Å². The molecule has 258 valence electrons. The predicted molar refractivity (Wildman–Crippen MR) is 229 cm³/mol. The maximum Gasteiger partial charge on any atom is 0.143 e. The van der Waals surface area contributed by atoms with E-state index in [4.69, 9.17) is 21.2 Å². The zero-order valence-electron chi connectivity index (χ0n) is 45.5. The molecule has 0 saturated heterocycles. The maximum atomic E-state index is 9.77. The fourth-order valence-corrected chi connectivity index (χ4v) is 7.09. The fraction of sp³-hybridized carbons (Fsp3) is 0. The van der Waals surface area contributed by atoms with Crippen molar-refractivity contribution in [3.63, 3.8) is 0 Å². The van der Waals surface area contributed by atoms with Gasteiger partial charge in [-0.05, 0) is 93.3 Å². The average Bonchev–Trinajstić information content (AvgIpc) is 3.97. The van der Waals surface area contributed by atoms with Crippen molar-refractivity contribution in [2.45, 2.75) is 0 Å². The second kappa shape index (κ2) is 12.6. The Bertz CT molecular complexity index is 4100. The number of para-hydroxylation sites is 1. The van der Waals surface area contributed by atoms with E-state index in [2.05, 4.69) is 0 Å². The van der Waals surface area contributed by atoms with Crippen LogP contribution in [-0.2, 0) is 0 Å². The van der Waals surface area contributed by atoms with E-state index in [-0.39, 0.29) is 11.3 Å². The van der Waals surface area contributed by atoms with Crippen molar-refractivity contribution >= 4 is 71.7 Å². The van der Waals surface area contributed by atoms with Gasteiger partial charge in [0, 0.05) is 32.9 Å². The summed E-state index contributed by atoms with van der Waals surface area (Å²) in [4.78, 5) is 1.13. The lowest BCUT2D eigenvalue weighted by molar-refractivity contribution is 0.669. The van der Waals surface area contributed by atoms with Crippen LogP contribution in [0.15, 0.2) is 209 Å². The number of anilines is 3. The quantitative estimate of drug-likeness (QED) is 0.171. The van der Waals surface area contributed by atoms with Crippen molar-refractivity contribution in [3.05, 3.63) is 200 Å². The van der Waals surface area contributed by atoms with Crippen LogP contribution in [-0.4, -0.2) is 0 Å². The van der Waals surface area contributed by atoms with Gasteiger partial charge in [0.2, 0.25) is 0 Å². The Morgan fingerprint density at radius 2 is 0.945 bits per heavy atom. The second-order valence-corrected chi connectivity index (χ2v) is 12.7. The van der Waals surface area contributed by atoms with Gasteiger partial charge in [-0.1, -0.05) is 145 Å². The van der Waals surface area contributed by atoms with E-state index >= 15 is 0 Å². The molecule has 0 aliphatic heterocycles. The Morgan fingerprint density at radius 1 is 0.382 bits per heavy atom. The monoisotopic (exact) mass is 720 g/mol. The molecule has 0 atom stereocenters. The number of nitrogens with zero attached hydrogens (tertiary/aromatic N) is 1. The standard InChI is InChI=1S/C52H33NO2/c1-2-10-34(11-3-1)35-20-22-36(23-21-35)37-24-29-40(30-25-37)53(46-16-9-19-49-51(46)45-33-28-38-12-4-5-13-43(38)52(45)55-49)41-31-26-39(27-32-41)42-15-8-18-48-50(42)44-14-6-7-17-47(44)54-48/h1-33H/i1D,2D,3D,10D,11D,20D,21D,22D,23D,24D,25D,26D,27D,29D,30D,31D,32D. The summed E-state index contributed by atoms with van der Waals surface area (Å²) in [5, 5.41) is 3.70. The Morgan fingerprint density at radius 3 is 1.67 bits per heavy atom. The summed E-state index contributed by atoms with van der Waals surface area (Å²) in [6, 6.07) is 15.2. The van der Waals surface area contributed by atoms with Crippen molar-refractivity contribution in [1.29, 1.82) is 0 Å². The number of fused-ring (bicyclic) bond motifs is 8. The highest BCUT2D eigenvalue weighted by molar-refractivity contribution is 6.19. The van der Waals surface area contributed by atoms with Crippen LogP contribution in [0.1, 0.15) is 23.3 Å². The van der Waals surface area contributed by atoms with Crippen LogP contribution in [0.2, 0.25) is 0 Å². The maximum absolute atomic E-state index is 9.77. The Balaban J connectivity index is 1.21. The molecule has 0 fully saturated rings. The highest BCUT2D eigenvalue weighted by Gasteiger charge is 2.21. The van der Waals surface area contributed by atoms with Gasteiger partial charge in [0.25, 0.3) is 0 Å². The number of rotatable bonds is 6. The lowest BCUT2D eigenvalue weighted by Crippen LogP contribution is -2.10. The third kappa shape index (κ3) is 5.20.